The van der Waals surface area contributed by atoms with Gasteiger partial charge in [-0.1, -0.05) is 19.1 Å². The van der Waals surface area contributed by atoms with Gasteiger partial charge in [0.25, 0.3) is 0 Å². The Bertz CT molecular complexity index is 572. The van der Waals surface area contributed by atoms with Crippen LogP contribution in [0.1, 0.15) is 36.1 Å². The quantitative estimate of drug-likeness (QED) is 0.904. The van der Waals surface area contributed by atoms with E-state index in [2.05, 4.69) is 0 Å². The van der Waals surface area contributed by atoms with Crippen molar-refractivity contribution in [1.29, 1.82) is 0 Å². The average Bonchev–Trinajstić information content (AvgIpc) is 2.85. The fraction of sp³-hybridized carbons (Fsp3) is 0.333. The Balaban J connectivity index is 2.16. The third-order valence-electron chi connectivity index (χ3n) is 3.26. The van der Waals surface area contributed by atoms with Gasteiger partial charge in [0, 0.05) is 25.0 Å². The SMILES string of the molecule is CCC(N)c1ccn(Cc2cccc(C(F)(F)F)c2)c1. The summed E-state index contributed by atoms with van der Waals surface area (Å²) in [4.78, 5) is 0. The zero-order valence-corrected chi connectivity index (χ0v) is 11.2. The van der Waals surface area contributed by atoms with E-state index in [-0.39, 0.29) is 6.04 Å². The van der Waals surface area contributed by atoms with Crippen molar-refractivity contribution < 1.29 is 13.2 Å². The van der Waals surface area contributed by atoms with E-state index in [9.17, 15) is 13.2 Å². The molecule has 108 valence electrons. The van der Waals surface area contributed by atoms with E-state index in [1.807, 2.05) is 30.0 Å². The van der Waals surface area contributed by atoms with Crippen molar-refractivity contribution in [2.24, 2.45) is 5.73 Å². The third kappa shape index (κ3) is 3.42. The first-order chi connectivity index (χ1) is 9.40. The summed E-state index contributed by atoms with van der Waals surface area (Å²) in [5.41, 5.74) is 6.92. The maximum atomic E-state index is 12.6. The second kappa shape index (κ2) is 5.71. The van der Waals surface area contributed by atoms with Crippen LogP contribution in [0.2, 0.25) is 0 Å². The molecule has 2 aromatic rings. The van der Waals surface area contributed by atoms with Gasteiger partial charge in [0.2, 0.25) is 0 Å². The van der Waals surface area contributed by atoms with Crippen LogP contribution in [0.3, 0.4) is 0 Å². The van der Waals surface area contributed by atoms with E-state index in [4.69, 9.17) is 5.73 Å². The molecule has 1 unspecified atom stereocenters. The van der Waals surface area contributed by atoms with E-state index in [1.165, 1.54) is 12.1 Å². The zero-order valence-electron chi connectivity index (χ0n) is 11.2. The fourth-order valence-corrected chi connectivity index (χ4v) is 2.07. The predicted molar refractivity (Wildman–Crippen MR) is 72.2 cm³/mol. The van der Waals surface area contributed by atoms with Crippen molar-refractivity contribution in [2.75, 3.05) is 0 Å². The van der Waals surface area contributed by atoms with Crippen LogP contribution in [0.25, 0.3) is 0 Å². The molecule has 0 saturated heterocycles. The van der Waals surface area contributed by atoms with Crippen LogP contribution in [0.4, 0.5) is 13.2 Å². The van der Waals surface area contributed by atoms with Gasteiger partial charge in [-0.25, -0.2) is 0 Å². The smallest absolute Gasteiger partial charge is 0.350 e. The molecule has 5 heteroatoms. The molecule has 0 aliphatic carbocycles. The summed E-state index contributed by atoms with van der Waals surface area (Å²) >= 11 is 0. The number of hydrogen-bond donors (Lipinski definition) is 1. The molecule has 2 nitrogen and oxygen atoms in total. The van der Waals surface area contributed by atoms with E-state index in [1.54, 1.807) is 6.07 Å². The number of nitrogens with zero attached hydrogens (tertiary/aromatic N) is 1. The summed E-state index contributed by atoms with van der Waals surface area (Å²) in [5, 5.41) is 0. The summed E-state index contributed by atoms with van der Waals surface area (Å²) in [6, 6.07) is 7.26. The van der Waals surface area contributed by atoms with Crippen LogP contribution in [0, 0.1) is 0 Å². The molecule has 0 fully saturated rings. The van der Waals surface area contributed by atoms with Crippen molar-refractivity contribution in [1.82, 2.24) is 4.57 Å². The average molecular weight is 282 g/mol. The van der Waals surface area contributed by atoms with E-state index in [0.717, 1.165) is 18.1 Å². The van der Waals surface area contributed by atoms with Crippen LogP contribution >= 0.6 is 0 Å². The van der Waals surface area contributed by atoms with E-state index >= 15 is 0 Å². The number of benzene rings is 1. The van der Waals surface area contributed by atoms with Gasteiger partial charge >= 0.3 is 6.18 Å². The Morgan fingerprint density at radius 2 is 2.00 bits per heavy atom. The zero-order chi connectivity index (χ0) is 14.8. The van der Waals surface area contributed by atoms with Gasteiger partial charge in [-0.2, -0.15) is 13.2 Å². The lowest BCUT2D eigenvalue weighted by Crippen LogP contribution is -2.08. The monoisotopic (exact) mass is 282 g/mol. The lowest BCUT2D eigenvalue weighted by molar-refractivity contribution is -0.137. The van der Waals surface area contributed by atoms with Gasteiger partial charge in [-0.3, -0.25) is 0 Å². The molecular formula is C15H17F3N2. The number of halogens is 3. The minimum absolute atomic E-state index is 0.0299. The van der Waals surface area contributed by atoms with Crippen molar-refractivity contribution in [3.8, 4) is 0 Å². The third-order valence-corrected chi connectivity index (χ3v) is 3.26. The second-order valence-corrected chi connectivity index (χ2v) is 4.83. The summed E-state index contributed by atoms with van der Waals surface area (Å²) in [6.07, 6.45) is 0.246. The topological polar surface area (TPSA) is 30.9 Å². The maximum Gasteiger partial charge on any atom is 0.416 e. The van der Waals surface area contributed by atoms with Crippen LogP contribution in [0.15, 0.2) is 42.7 Å². The molecule has 20 heavy (non-hydrogen) atoms. The largest absolute Gasteiger partial charge is 0.416 e. The highest BCUT2D eigenvalue weighted by atomic mass is 19.4. The summed E-state index contributed by atoms with van der Waals surface area (Å²) < 4.78 is 39.8. The minimum atomic E-state index is -4.30. The maximum absolute atomic E-state index is 12.6. The summed E-state index contributed by atoms with van der Waals surface area (Å²) in [5.74, 6) is 0. The highest BCUT2D eigenvalue weighted by Gasteiger charge is 2.30. The van der Waals surface area contributed by atoms with Crippen LogP contribution in [0.5, 0.6) is 0 Å². The first-order valence-corrected chi connectivity index (χ1v) is 6.47. The molecule has 0 aliphatic heterocycles. The molecule has 0 spiro atoms. The molecule has 0 saturated carbocycles. The Kier molecular flexibility index (Phi) is 4.18. The van der Waals surface area contributed by atoms with Crippen LogP contribution < -0.4 is 5.73 Å². The lowest BCUT2D eigenvalue weighted by atomic mass is 10.1. The van der Waals surface area contributed by atoms with Crippen molar-refractivity contribution in [3.63, 3.8) is 0 Å². The summed E-state index contributed by atoms with van der Waals surface area (Å²) in [7, 11) is 0. The Morgan fingerprint density at radius 3 is 2.65 bits per heavy atom. The van der Waals surface area contributed by atoms with Gasteiger partial charge in [0.05, 0.1) is 5.56 Å². The fourth-order valence-electron chi connectivity index (χ4n) is 2.07. The molecule has 1 aromatic heterocycles. The first-order valence-electron chi connectivity index (χ1n) is 6.47. The van der Waals surface area contributed by atoms with Crippen LogP contribution in [-0.2, 0) is 12.7 Å². The molecule has 0 aliphatic rings. The molecule has 2 rings (SSSR count). The molecule has 1 aromatic carbocycles. The van der Waals surface area contributed by atoms with Gasteiger partial charge in [0.1, 0.15) is 0 Å². The molecule has 0 radical (unpaired) electrons. The molecule has 2 N–H and O–H groups in total. The molecular weight excluding hydrogens is 265 g/mol. The Hall–Kier alpha value is -1.75. The van der Waals surface area contributed by atoms with E-state index in [0.29, 0.717) is 12.1 Å². The van der Waals surface area contributed by atoms with Gasteiger partial charge in [-0.05, 0) is 35.7 Å². The normalized spacial score (nSPS) is 13.4. The highest BCUT2D eigenvalue weighted by Crippen LogP contribution is 2.29. The van der Waals surface area contributed by atoms with Crippen molar-refractivity contribution in [3.05, 3.63) is 59.4 Å². The lowest BCUT2D eigenvalue weighted by Gasteiger charge is -2.09. The number of aromatic nitrogens is 1. The van der Waals surface area contributed by atoms with Crippen molar-refractivity contribution >= 4 is 0 Å². The Labute approximate surface area is 116 Å². The van der Waals surface area contributed by atoms with E-state index < -0.39 is 11.7 Å². The summed E-state index contributed by atoms with van der Waals surface area (Å²) in [6.45, 7) is 2.40. The van der Waals surface area contributed by atoms with Crippen molar-refractivity contribution in [2.45, 2.75) is 32.1 Å². The van der Waals surface area contributed by atoms with Crippen LogP contribution in [-0.4, -0.2) is 4.57 Å². The Morgan fingerprint density at radius 1 is 1.25 bits per heavy atom. The number of nitrogens with two attached hydrogens (primary N) is 1. The number of rotatable bonds is 4. The molecule has 0 bridgehead atoms. The second-order valence-electron chi connectivity index (χ2n) is 4.83. The predicted octanol–water partition coefficient (Wildman–Crippen LogP) is 3.97. The van der Waals surface area contributed by atoms with Gasteiger partial charge in [0.15, 0.2) is 0 Å². The molecule has 1 atom stereocenters. The number of hydrogen-bond acceptors (Lipinski definition) is 1. The van der Waals surface area contributed by atoms with Gasteiger partial charge < -0.3 is 10.3 Å². The molecule has 0 amide bonds. The number of alkyl halides is 3. The molecule has 1 heterocycles. The standard InChI is InChI=1S/C15H17F3N2/c1-2-14(19)12-6-7-20(10-12)9-11-4-3-5-13(8-11)15(16,17)18/h3-8,10,14H,2,9,19H2,1H3. The first kappa shape index (κ1) is 14.7. The van der Waals surface area contributed by atoms with Gasteiger partial charge in [-0.15, -0.1) is 0 Å². The minimum Gasteiger partial charge on any atom is -0.350 e. The highest BCUT2D eigenvalue weighted by molar-refractivity contribution is 5.26.